The minimum Gasteiger partial charge on any atom is -0.465 e. The Hall–Kier alpha value is -1.90. The van der Waals surface area contributed by atoms with E-state index in [2.05, 4.69) is 4.99 Å². The predicted octanol–water partition coefficient (Wildman–Crippen LogP) is 1.30. The van der Waals surface area contributed by atoms with E-state index in [1.807, 2.05) is 44.4 Å². The second-order valence-electron chi connectivity index (χ2n) is 5.02. The van der Waals surface area contributed by atoms with Crippen molar-refractivity contribution in [3.63, 3.8) is 0 Å². The van der Waals surface area contributed by atoms with Crippen molar-refractivity contribution >= 4 is 23.8 Å². The Balaban J connectivity index is 2.81. The largest absolute Gasteiger partial charge is 0.465 e. The van der Waals surface area contributed by atoms with Gasteiger partial charge in [0.25, 0.3) is 0 Å². The van der Waals surface area contributed by atoms with Gasteiger partial charge in [-0.05, 0) is 13.0 Å². The van der Waals surface area contributed by atoms with Crippen LogP contribution in [0, 0.1) is 17.2 Å². The van der Waals surface area contributed by atoms with Crippen molar-refractivity contribution in [3.8, 4) is 6.07 Å². The first-order valence-corrected chi connectivity index (χ1v) is 7.49. The average molecular weight is 323 g/mol. The number of carbonyl (C=O) groups excluding carboxylic acids is 1. The zero-order valence-electron chi connectivity index (χ0n) is 13.0. The summed E-state index contributed by atoms with van der Waals surface area (Å²) in [5.74, 6) is -1.54. The second kappa shape index (κ2) is 9.19. The number of hydrogen-bond donors (Lipinski definition) is 1. The molecule has 0 amide bonds. The maximum absolute atomic E-state index is 11.5. The molecule has 118 valence electrons. The van der Waals surface area contributed by atoms with Crippen molar-refractivity contribution < 1.29 is 14.4 Å². The number of rotatable bonds is 7. The van der Waals surface area contributed by atoms with Crippen LogP contribution in [0.3, 0.4) is 0 Å². The van der Waals surface area contributed by atoms with Crippen LogP contribution < -0.4 is 4.90 Å². The molecule has 2 atom stereocenters. The van der Waals surface area contributed by atoms with Crippen molar-refractivity contribution in [2.45, 2.75) is 13.0 Å². The fraction of sp³-hybridized carbons (Fsp3) is 0.438. The molecule has 0 aliphatic carbocycles. The molecule has 0 saturated carbocycles. The van der Waals surface area contributed by atoms with Crippen LogP contribution in [0.5, 0.6) is 0 Å². The van der Waals surface area contributed by atoms with Crippen LogP contribution in [0.1, 0.15) is 18.5 Å². The number of quaternary nitrogens is 1. The quantitative estimate of drug-likeness (QED) is 0.608. The average Bonchev–Trinajstić information content (AvgIpc) is 2.48. The molecular formula is C16H21ClN3O2+. The molecule has 0 spiro atoms. The molecule has 1 rings (SSSR count). The highest BCUT2D eigenvalue weighted by Crippen LogP contribution is 2.20. The molecule has 0 unspecified atom stereocenters. The molecule has 22 heavy (non-hydrogen) atoms. The number of nitriles is 1. The minimum atomic E-state index is -0.969. The third kappa shape index (κ3) is 5.14. The van der Waals surface area contributed by atoms with Gasteiger partial charge in [0.1, 0.15) is 6.04 Å². The number of hydrogen-bond acceptors (Lipinski definition) is 4. The number of ether oxygens (including phenoxy) is 1. The highest BCUT2D eigenvalue weighted by molar-refractivity contribution is 6.31. The fourth-order valence-electron chi connectivity index (χ4n) is 2.00. The van der Waals surface area contributed by atoms with Gasteiger partial charge in [-0.15, -0.1) is 0 Å². The van der Waals surface area contributed by atoms with Crippen LogP contribution in [0.2, 0.25) is 5.02 Å². The van der Waals surface area contributed by atoms with Gasteiger partial charge in [0, 0.05) is 16.8 Å². The number of benzene rings is 1. The third-order valence-corrected chi connectivity index (χ3v) is 3.54. The van der Waals surface area contributed by atoms with E-state index in [0.29, 0.717) is 11.6 Å². The monoisotopic (exact) mass is 322 g/mol. The van der Waals surface area contributed by atoms with Gasteiger partial charge in [-0.3, -0.25) is 9.79 Å². The van der Waals surface area contributed by atoms with E-state index in [1.165, 1.54) is 6.21 Å². The van der Waals surface area contributed by atoms with E-state index in [0.717, 1.165) is 10.5 Å². The molecule has 0 heterocycles. The molecule has 0 radical (unpaired) electrons. The van der Waals surface area contributed by atoms with Crippen LogP contribution in [0.4, 0.5) is 0 Å². The Morgan fingerprint density at radius 1 is 1.50 bits per heavy atom. The van der Waals surface area contributed by atoms with E-state index >= 15 is 0 Å². The van der Waals surface area contributed by atoms with E-state index in [4.69, 9.17) is 21.6 Å². The Kier molecular flexibility index (Phi) is 7.58. The molecule has 0 aliphatic rings. The lowest BCUT2D eigenvalue weighted by molar-refractivity contribution is -0.890. The molecule has 1 aromatic rings. The van der Waals surface area contributed by atoms with Gasteiger partial charge in [0.2, 0.25) is 0 Å². The third-order valence-electron chi connectivity index (χ3n) is 3.20. The number of nitrogens with one attached hydrogen (secondary N) is 1. The van der Waals surface area contributed by atoms with Crippen LogP contribution in [0.25, 0.3) is 0 Å². The van der Waals surface area contributed by atoms with Crippen LogP contribution in [-0.2, 0) is 9.53 Å². The summed E-state index contributed by atoms with van der Waals surface area (Å²) in [5, 5.41) is 9.68. The van der Waals surface area contributed by atoms with Crippen LogP contribution in [0.15, 0.2) is 29.3 Å². The van der Waals surface area contributed by atoms with Crippen LogP contribution >= 0.6 is 11.6 Å². The number of carbonyl (C=O) groups is 1. The normalized spacial score (nSPS) is 13.8. The second-order valence-corrected chi connectivity index (χ2v) is 5.43. The number of halogens is 1. The lowest BCUT2D eigenvalue weighted by Crippen LogP contribution is -3.06. The number of esters is 1. The number of likely N-dealkylation sites (N-methyl/N-ethyl adjacent to an activating group) is 1. The Morgan fingerprint density at radius 3 is 2.73 bits per heavy atom. The first-order chi connectivity index (χ1) is 10.5. The lowest BCUT2D eigenvalue weighted by atomic mass is 10.1. The van der Waals surface area contributed by atoms with Gasteiger partial charge in [0.05, 0.1) is 33.3 Å². The van der Waals surface area contributed by atoms with Crippen molar-refractivity contribution in [3.05, 3.63) is 34.9 Å². The summed E-state index contributed by atoms with van der Waals surface area (Å²) in [6.45, 7) is 2.38. The Morgan fingerprint density at radius 2 is 2.18 bits per heavy atom. The summed E-state index contributed by atoms with van der Waals surface area (Å²) in [7, 11) is 4.02. The van der Waals surface area contributed by atoms with E-state index in [1.54, 1.807) is 6.92 Å². The van der Waals surface area contributed by atoms with Gasteiger partial charge in [0.15, 0.2) is 5.92 Å². The smallest absolute Gasteiger partial charge is 0.328 e. The molecule has 1 N–H and O–H groups in total. The summed E-state index contributed by atoms with van der Waals surface area (Å²) < 4.78 is 4.82. The van der Waals surface area contributed by atoms with Gasteiger partial charge in [-0.25, -0.2) is 0 Å². The summed E-state index contributed by atoms with van der Waals surface area (Å²) in [4.78, 5) is 17.0. The lowest BCUT2D eigenvalue weighted by Gasteiger charge is -2.21. The Labute approximate surface area is 136 Å². The van der Waals surface area contributed by atoms with E-state index in [9.17, 15) is 4.79 Å². The molecule has 5 nitrogen and oxygen atoms in total. The van der Waals surface area contributed by atoms with Crippen LogP contribution in [-0.4, -0.2) is 39.4 Å². The SMILES string of the molecule is CCOC(=O)[C@H](C#N)C=NC[C@H](c1ccccc1Cl)[NH+](C)C. The van der Waals surface area contributed by atoms with Gasteiger partial charge in [-0.1, -0.05) is 29.8 Å². The van der Waals surface area contributed by atoms with E-state index in [-0.39, 0.29) is 12.6 Å². The van der Waals surface area contributed by atoms with Crippen molar-refractivity contribution in [1.29, 1.82) is 5.26 Å². The number of nitrogens with zero attached hydrogens (tertiary/aromatic N) is 2. The first-order valence-electron chi connectivity index (χ1n) is 7.11. The molecule has 0 fully saturated rings. The highest BCUT2D eigenvalue weighted by atomic mass is 35.5. The molecule has 0 bridgehead atoms. The standard InChI is InChI=1S/C16H20ClN3O2/c1-4-22-16(21)12(9-18)10-19-11-15(20(2)3)13-7-5-6-8-14(13)17/h5-8,10,12,15H,4,11H2,1-3H3/p+1/t12-,15-/m1/s1. The van der Waals surface area contributed by atoms with Gasteiger partial charge < -0.3 is 9.64 Å². The zero-order chi connectivity index (χ0) is 16.5. The maximum Gasteiger partial charge on any atom is 0.328 e. The fourth-order valence-corrected chi connectivity index (χ4v) is 2.27. The van der Waals surface area contributed by atoms with Crippen molar-refractivity contribution in [2.24, 2.45) is 10.9 Å². The predicted molar refractivity (Wildman–Crippen MR) is 86.1 cm³/mol. The maximum atomic E-state index is 11.5. The molecular weight excluding hydrogens is 302 g/mol. The minimum absolute atomic E-state index is 0.0477. The number of aliphatic imine (C=N–C) groups is 1. The summed E-state index contributed by atoms with van der Waals surface area (Å²) in [6.07, 6.45) is 1.35. The van der Waals surface area contributed by atoms with E-state index < -0.39 is 11.9 Å². The summed E-state index contributed by atoms with van der Waals surface area (Å²) in [6, 6.07) is 9.54. The molecule has 1 aromatic carbocycles. The molecule has 0 aromatic heterocycles. The highest BCUT2D eigenvalue weighted by Gasteiger charge is 2.21. The molecule has 0 aliphatic heterocycles. The van der Waals surface area contributed by atoms with Crippen molar-refractivity contribution in [1.82, 2.24) is 0 Å². The van der Waals surface area contributed by atoms with Gasteiger partial charge in [-0.2, -0.15) is 5.26 Å². The molecule has 6 heteroatoms. The summed E-state index contributed by atoms with van der Waals surface area (Å²) >= 11 is 6.23. The zero-order valence-corrected chi connectivity index (χ0v) is 13.8. The Bertz CT molecular complexity index is 567. The topological polar surface area (TPSA) is 66.9 Å². The molecule has 0 saturated heterocycles. The van der Waals surface area contributed by atoms with Gasteiger partial charge >= 0.3 is 5.97 Å². The first kappa shape index (κ1) is 18.1. The van der Waals surface area contributed by atoms with Crippen molar-refractivity contribution in [2.75, 3.05) is 27.2 Å². The summed E-state index contributed by atoms with van der Waals surface area (Å²) in [5.41, 5.74) is 0.992.